The SMILES string of the molecule is O=C1/C=C\C(=O)OC2COC(=N2)O1. The first-order chi connectivity index (χ1) is 6.24. The monoisotopic (exact) mass is 183 g/mol. The highest BCUT2D eigenvalue weighted by Crippen LogP contribution is 2.09. The molecule has 0 aromatic heterocycles. The molecule has 2 bridgehead atoms. The normalized spacial score (nSPS) is 28.6. The van der Waals surface area contributed by atoms with Crippen LogP contribution in [0.2, 0.25) is 0 Å². The van der Waals surface area contributed by atoms with Crippen LogP contribution in [0.15, 0.2) is 17.1 Å². The van der Waals surface area contributed by atoms with Crippen molar-refractivity contribution in [1.29, 1.82) is 0 Å². The molecule has 2 heterocycles. The maximum atomic E-state index is 10.9. The molecule has 0 aromatic carbocycles. The van der Waals surface area contributed by atoms with Gasteiger partial charge in [0, 0.05) is 12.2 Å². The number of ether oxygens (including phenoxy) is 3. The van der Waals surface area contributed by atoms with E-state index in [4.69, 9.17) is 9.47 Å². The van der Waals surface area contributed by atoms with Gasteiger partial charge in [0.1, 0.15) is 0 Å². The molecule has 0 amide bonds. The van der Waals surface area contributed by atoms with Crippen LogP contribution in [0.25, 0.3) is 0 Å². The van der Waals surface area contributed by atoms with Crippen LogP contribution in [0.5, 0.6) is 0 Å². The first kappa shape index (κ1) is 7.78. The molecule has 1 atom stereocenters. The summed E-state index contributed by atoms with van der Waals surface area (Å²) >= 11 is 0. The molecule has 0 spiro atoms. The molecule has 2 aliphatic heterocycles. The van der Waals surface area contributed by atoms with Crippen LogP contribution < -0.4 is 0 Å². The number of esters is 2. The van der Waals surface area contributed by atoms with Crippen molar-refractivity contribution in [1.82, 2.24) is 0 Å². The highest BCUT2D eigenvalue weighted by atomic mass is 16.7. The molecule has 0 aromatic rings. The predicted octanol–water partition coefficient (Wildman–Crippen LogP) is -0.645. The molecule has 0 fully saturated rings. The van der Waals surface area contributed by atoms with Gasteiger partial charge in [-0.3, -0.25) is 0 Å². The van der Waals surface area contributed by atoms with Gasteiger partial charge in [0.2, 0.25) is 6.23 Å². The van der Waals surface area contributed by atoms with Crippen LogP contribution in [0.3, 0.4) is 0 Å². The van der Waals surface area contributed by atoms with Crippen molar-refractivity contribution in [2.24, 2.45) is 4.99 Å². The average molecular weight is 183 g/mol. The number of nitrogens with zero attached hydrogens (tertiary/aromatic N) is 1. The summed E-state index contributed by atoms with van der Waals surface area (Å²) in [5.41, 5.74) is 0. The Labute approximate surface area is 72.8 Å². The molecule has 2 rings (SSSR count). The Bertz CT molecular complexity index is 319. The summed E-state index contributed by atoms with van der Waals surface area (Å²) in [7, 11) is 0. The van der Waals surface area contributed by atoms with E-state index in [0.717, 1.165) is 12.2 Å². The van der Waals surface area contributed by atoms with Gasteiger partial charge in [-0.2, -0.15) is 4.99 Å². The summed E-state index contributed by atoms with van der Waals surface area (Å²) in [6.45, 7) is 0.0855. The van der Waals surface area contributed by atoms with E-state index >= 15 is 0 Å². The number of rotatable bonds is 0. The van der Waals surface area contributed by atoms with Crippen molar-refractivity contribution < 1.29 is 23.8 Å². The third-order valence-electron chi connectivity index (χ3n) is 1.39. The minimum absolute atomic E-state index is 0.0855. The third kappa shape index (κ3) is 1.66. The molecule has 2 aliphatic rings. The van der Waals surface area contributed by atoms with Crippen molar-refractivity contribution in [3.05, 3.63) is 12.2 Å². The van der Waals surface area contributed by atoms with Crippen LogP contribution in [-0.2, 0) is 23.8 Å². The highest BCUT2D eigenvalue weighted by molar-refractivity contribution is 5.97. The molecule has 0 N–H and O–H groups in total. The van der Waals surface area contributed by atoms with Gasteiger partial charge in [-0.05, 0) is 0 Å². The quantitative estimate of drug-likeness (QED) is 0.467. The van der Waals surface area contributed by atoms with Gasteiger partial charge in [0.05, 0.1) is 0 Å². The van der Waals surface area contributed by atoms with Crippen molar-refractivity contribution in [2.75, 3.05) is 6.61 Å². The summed E-state index contributed by atoms with van der Waals surface area (Å²) in [6.07, 6.45) is 1.07. The number of carbonyl (C=O) groups excluding carboxylic acids is 2. The maximum Gasteiger partial charge on any atom is 0.395 e. The molecule has 0 aliphatic carbocycles. The molecule has 0 radical (unpaired) electrons. The first-order valence-corrected chi connectivity index (χ1v) is 3.55. The maximum absolute atomic E-state index is 10.9. The van der Waals surface area contributed by atoms with Crippen LogP contribution in [0.4, 0.5) is 0 Å². The molecule has 68 valence electrons. The Morgan fingerprint density at radius 2 is 2.08 bits per heavy atom. The zero-order chi connectivity index (χ0) is 9.26. The Hall–Kier alpha value is -1.85. The van der Waals surface area contributed by atoms with Crippen molar-refractivity contribution >= 4 is 18.0 Å². The van der Waals surface area contributed by atoms with E-state index in [-0.39, 0.29) is 12.7 Å². The number of hydrogen-bond donors (Lipinski definition) is 0. The predicted molar refractivity (Wildman–Crippen MR) is 38.5 cm³/mol. The molecule has 6 heteroatoms. The number of hydrogen-bond acceptors (Lipinski definition) is 6. The lowest BCUT2D eigenvalue weighted by molar-refractivity contribution is -0.144. The third-order valence-corrected chi connectivity index (χ3v) is 1.39. The molecular weight excluding hydrogens is 178 g/mol. The smallest absolute Gasteiger partial charge is 0.395 e. The summed E-state index contributed by atoms with van der Waals surface area (Å²) in [4.78, 5) is 25.4. The van der Waals surface area contributed by atoms with Crippen molar-refractivity contribution in [3.8, 4) is 0 Å². The average Bonchev–Trinajstić information content (AvgIpc) is 2.50. The summed E-state index contributed by atoms with van der Waals surface area (Å²) in [5, 5.41) is 0. The Morgan fingerprint density at radius 1 is 1.31 bits per heavy atom. The van der Waals surface area contributed by atoms with Gasteiger partial charge >= 0.3 is 18.0 Å². The van der Waals surface area contributed by atoms with Gasteiger partial charge in [-0.15, -0.1) is 0 Å². The van der Waals surface area contributed by atoms with Crippen LogP contribution in [-0.4, -0.2) is 30.9 Å². The zero-order valence-electron chi connectivity index (χ0n) is 6.43. The lowest BCUT2D eigenvalue weighted by Gasteiger charge is -2.04. The fourth-order valence-electron chi connectivity index (χ4n) is 0.880. The molecule has 0 saturated carbocycles. The van der Waals surface area contributed by atoms with Gasteiger partial charge < -0.3 is 14.2 Å². The Balaban J connectivity index is 2.23. The van der Waals surface area contributed by atoms with Crippen molar-refractivity contribution in [2.45, 2.75) is 6.23 Å². The van der Waals surface area contributed by atoms with E-state index in [1.54, 1.807) is 0 Å². The fourth-order valence-corrected chi connectivity index (χ4v) is 0.880. The molecule has 13 heavy (non-hydrogen) atoms. The summed E-state index contributed by atoms with van der Waals surface area (Å²) in [5.74, 6) is -1.35. The lowest BCUT2D eigenvalue weighted by Crippen LogP contribution is -2.16. The second kappa shape index (κ2) is 2.89. The summed E-state index contributed by atoms with van der Waals surface area (Å²) < 4.78 is 14.1. The van der Waals surface area contributed by atoms with Crippen LogP contribution in [0, 0.1) is 0 Å². The second-order valence-corrected chi connectivity index (χ2v) is 2.35. The largest absolute Gasteiger partial charge is 0.444 e. The minimum atomic E-state index is -0.710. The number of aliphatic imine (C=N–C) groups is 1. The molecular formula is C7H5NO5. The Morgan fingerprint density at radius 3 is 2.92 bits per heavy atom. The molecule has 1 unspecified atom stereocenters. The standard InChI is InChI=1S/C7H5NO5/c9-5-1-2-6(10)13-7-8-4(12-5)3-11-7/h1-2,4H,3H2/b2-1-. The summed E-state index contributed by atoms with van der Waals surface area (Å²) in [6, 6.07) is 0. The van der Waals surface area contributed by atoms with E-state index in [0.29, 0.717) is 0 Å². The van der Waals surface area contributed by atoms with Crippen molar-refractivity contribution in [3.63, 3.8) is 0 Å². The number of fused-ring (bicyclic) bond motifs is 1. The number of carbonyl (C=O) groups is 2. The first-order valence-electron chi connectivity index (χ1n) is 3.55. The van der Waals surface area contributed by atoms with Gasteiger partial charge in [-0.1, -0.05) is 0 Å². The van der Waals surface area contributed by atoms with Crippen LogP contribution in [0.1, 0.15) is 0 Å². The van der Waals surface area contributed by atoms with Gasteiger partial charge in [0.15, 0.2) is 6.61 Å². The molecule has 0 saturated heterocycles. The highest BCUT2D eigenvalue weighted by Gasteiger charge is 2.25. The van der Waals surface area contributed by atoms with E-state index in [9.17, 15) is 9.59 Å². The topological polar surface area (TPSA) is 74.2 Å². The zero-order valence-corrected chi connectivity index (χ0v) is 6.43. The van der Waals surface area contributed by atoms with Crippen LogP contribution >= 0.6 is 0 Å². The van der Waals surface area contributed by atoms with Gasteiger partial charge in [-0.25, -0.2) is 9.59 Å². The van der Waals surface area contributed by atoms with E-state index in [1.165, 1.54) is 0 Å². The Kier molecular flexibility index (Phi) is 1.73. The van der Waals surface area contributed by atoms with E-state index < -0.39 is 18.2 Å². The van der Waals surface area contributed by atoms with Gasteiger partial charge in [0.25, 0.3) is 0 Å². The molecule has 6 nitrogen and oxygen atoms in total. The van der Waals surface area contributed by atoms with E-state index in [1.807, 2.05) is 0 Å². The minimum Gasteiger partial charge on any atom is -0.444 e. The lowest BCUT2D eigenvalue weighted by atomic mass is 10.5. The fraction of sp³-hybridized carbons (Fsp3) is 0.286. The van der Waals surface area contributed by atoms with E-state index in [2.05, 4.69) is 9.73 Å². The second-order valence-electron chi connectivity index (χ2n) is 2.35.